The highest BCUT2D eigenvalue weighted by Gasteiger charge is 2.22. The van der Waals surface area contributed by atoms with Crippen molar-refractivity contribution in [1.29, 1.82) is 0 Å². The largest absolute Gasteiger partial charge is 0.338 e. The Balaban J connectivity index is 2.34. The van der Waals surface area contributed by atoms with Gasteiger partial charge in [-0.15, -0.1) is 0 Å². The van der Waals surface area contributed by atoms with Crippen LogP contribution in [-0.4, -0.2) is 30.1 Å². The highest BCUT2D eigenvalue weighted by molar-refractivity contribution is 5.75. The van der Waals surface area contributed by atoms with E-state index in [4.69, 9.17) is 0 Å². The van der Waals surface area contributed by atoms with Crippen LogP contribution in [0.4, 0.5) is 4.79 Å². The van der Waals surface area contributed by atoms with E-state index in [9.17, 15) is 4.79 Å². The van der Waals surface area contributed by atoms with Gasteiger partial charge in [0.05, 0.1) is 0 Å². The molecule has 3 heteroatoms. The monoisotopic (exact) mass is 198 g/mol. The van der Waals surface area contributed by atoms with E-state index in [0.717, 1.165) is 31.8 Å². The first-order chi connectivity index (χ1) is 6.61. The van der Waals surface area contributed by atoms with E-state index in [-0.39, 0.29) is 6.03 Å². The third kappa shape index (κ3) is 3.20. The molecule has 1 atom stereocenters. The zero-order chi connectivity index (χ0) is 10.6. The number of rotatable bonds is 4. The first-order valence-corrected chi connectivity index (χ1v) is 5.65. The van der Waals surface area contributed by atoms with Crippen LogP contribution in [0.3, 0.4) is 0 Å². The van der Waals surface area contributed by atoms with Gasteiger partial charge in [-0.1, -0.05) is 13.8 Å². The Kier molecular flexibility index (Phi) is 4.23. The zero-order valence-electron chi connectivity index (χ0n) is 9.55. The maximum atomic E-state index is 11.5. The molecule has 2 amide bonds. The molecule has 0 aliphatic carbocycles. The predicted octanol–water partition coefficient (Wildman–Crippen LogP) is 2.23. The molecule has 1 aliphatic rings. The molecule has 14 heavy (non-hydrogen) atoms. The number of hydrogen-bond acceptors (Lipinski definition) is 1. The number of nitrogens with one attached hydrogen (secondary N) is 1. The van der Waals surface area contributed by atoms with E-state index < -0.39 is 0 Å². The lowest BCUT2D eigenvalue weighted by Crippen LogP contribution is -2.50. The van der Waals surface area contributed by atoms with Crippen LogP contribution in [0.25, 0.3) is 0 Å². The molecule has 0 radical (unpaired) electrons. The smallest absolute Gasteiger partial charge is 0.317 e. The van der Waals surface area contributed by atoms with Gasteiger partial charge < -0.3 is 10.2 Å². The zero-order valence-corrected chi connectivity index (χ0v) is 9.55. The van der Waals surface area contributed by atoms with Crippen molar-refractivity contribution in [2.24, 2.45) is 5.92 Å². The Morgan fingerprint density at radius 1 is 1.36 bits per heavy atom. The van der Waals surface area contributed by atoms with Crippen molar-refractivity contribution in [3.05, 3.63) is 0 Å². The molecular formula is C11H22N2O. The van der Waals surface area contributed by atoms with Crippen LogP contribution in [0.2, 0.25) is 0 Å². The van der Waals surface area contributed by atoms with Crippen molar-refractivity contribution in [3.63, 3.8) is 0 Å². The molecule has 0 bridgehead atoms. The van der Waals surface area contributed by atoms with E-state index in [1.807, 2.05) is 4.90 Å². The van der Waals surface area contributed by atoms with E-state index in [1.54, 1.807) is 0 Å². The Labute approximate surface area is 86.9 Å². The fourth-order valence-electron chi connectivity index (χ4n) is 1.80. The minimum Gasteiger partial charge on any atom is -0.338 e. The molecule has 1 aliphatic heterocycles. The van der Waals surface area contributed by atoms with Crippen LogP contribution in [0.5, 0.6) is 0 Å². The van der Waals surface area contributed by atoms with Crippen molar-refractivity contribution < 1.29 is 4.79 Å². The molecule has 0 spiro atoms. The second-order valence-electron chi connectivity index (χ2n) is 4.60. The molecule has 1 unspecified atom stereocenters. The highest BCUT2D eigenvalue weighted by atomic mass is 16.2. The van der Waals surface area contributed by atoms with Crippen LogP contribution < -0.4 is 5.32 Å². The van der Waals surface area contributed by atoms with Crippen molar-refractivity contribution in [2.75, 3.05) is 13.1 Å². The Bertz CT molecular complexity index is 192. The van der Waals surface area contributed by atoms with Crippen molar-refractivity contribution in [2.45, 2.75) is 46.1 Å². The van der Waals surface area contributed by atoms with Crippen LogP contribution in [0.1, 0.15) is 40.0 Å². The van der Waals surface area contributed by atoms with E-state index in [0.29, 0.717) is 6.04 Å². The Morgan fingerprint density at radius 3 is 2.64 bits per heavy atom. The fourth-order valence-corrected chi connectivity index (χ4v) is 1.80. The van der Waals surface area contributed by atoms with Crippen molar-refractivity contribution in [3.8, 4) is 0 Å². The fraction of sp³-hybridized carbons (Fsp3) is 0.909. The summed E-state index contributed by atoms with van der Waals surface area (Å²) in [6.45, 7) is 8.36. The quantitative estimate of drug-likeness (QED) is 0.738. The third-order valence-corrected chi connectivity index (χ3v) is 2.81. The highest BCUT2D eigenvalue weighted by Crippen LogP contribution is 2.13. The lowest BCUT2D eigenvalue weighted by atomic mass is 10.0. The second-order valence-corrected chi connectivity index (χ2v) is 4.60. The number of amides is 2. The van der Waals surface area contributed by atoms with Gasteiger partial charge in [0.1, 0.15) is 0 Å². The van der Waals surface area contributed by atoms with Gasteiger partial charge in [0.25, 0.3) is 0 Å². The maximum absolute atomic E-state index is 11.5. The van der Waals surface area contributed by atoms with Crippen LogP contribution in [0, 0.1) is 5.92 Å². The van der Waals surface area contributed by atoms with E-state index in [1.165, 1.54) is 6.42 Å². The average Bonchev–Trinajstić information content (AvgIpc) is 2.15. The van der Waals surface area contributed by atoms with Crippen LogP contribution >= 0.6 is 0 Å². The number of urea groups is 1. The number of nitrogens with zero attached hydrogens (tertiary/aromatic N) is 1. The molecule has 82 valence electrons. The Morgan fingerprint density at radius 2 is 2.07 bits per heavy atom. The van der Waals surface area contributed by atoms with Crippen molar-refractivity contribution in [1.82, 2.24) is 10.2 Å². The van der Waals surface area contributed by atoms with Gasteiger partial charge in [-0.3, -0.25) is 0 Å². The van der Waals surface area contributed by atoms with Crippen LogP contribution in [0.15, 0.2) is 0 Å². The summed E-state index contributed by atoms with van der Waals surface area (Å²) in [6, 6.07) is 0.505. The molecule has 1 saturated heterocycles. The molecule has 0 saturated carbocycles. The first kappa shape index (κ1) is 11.3. The molecule has 3 nitrogen and oxygen atoms in total. The number of carbonyl (C=O) groups is 1. The Hall–Kier alpha value is -0.730. The maximum Gasteiger partial charge on any atom is 0.317 e. The molecule has 1 N–H and O–H groups in total. The van der Waals surface area contributed by atoms with Crippen LogP contribution in [-0.2, 0) is 0 Å². The summed E-state index contributed by atoms with van der Waals surface area (Å²) in [5, 5.41) is 2.89. The second kappa shape index (κ2) is 5.23. The minimum atomic E-state index is 0.118. The molecule has 1 fully saturated rings. The van der Waals surface area contributed by atoms with Gasteiger partial charge in [0, 0.05) is 19.1 Å². The molecule has 0 aromatic rings. The lowest BCUT2D eigenvalue weighted by molar-refractivity contribution is 0.160. The van der Waals surface area contributed by atoms with Gasteiger partial charge in [0.2, 0.25) is 0 Å². The molecule has 1 heterocycles. The summed E-state index contributed by atoms with van der Waals surface area (Å²) in [5.74, 6) is 0.727. The van der Waals surface area contributed by atoms with Gasteiger partial charge in [-0.05, 0) is 32.1 Å². The molecule has 0 aromatic heterocycles. The van der Waals surface area contributed by atoms with Gasteiger partial charge in [-0.2, -0.15) is 0 Å². The van der Waals surface area contributed by atoms with Gasteiger partial charge >= 0.3 is 6.03 Å². The topological polar surface area (TPSA) is 32.3 Å². The molecular weight excluding hydrogens is 176 g/mol. The summed E-state index contributed by atoms with van der Waals surface area (Å²) >= 11 is 0. The van der Waals surface area contributed by atoms with Gasteiger partial charge in [-0.25, -0.2) is 4.79 Å². The average molecular weight is 198 g/mol. The van der Waals surface area contributed by atoms with Gasteiger partial charge in [0.15, 0.2) is 0 Å². The number of hydrogen-bond donors (Lipinski definition) is 1. The summed E-state index contributed by atoms with van der Waals surface area (Å²) in [6.07, 6.45) is 3.40. The van der Waals surface area contributed by atoms with Crippen molar-refractivity contribution >= 4 is 6.03 Å². The molecule has 0 aromatic carbocycles. The summed E-state index contributed by atoms with van der Waals surface area (Å²) in [4.78, 5) is 13.5. The SMILES string of the molecule is CC(C)CCC(C)N1CCCNC1=O. The predicted molar refractivity (Wildman–Crippen MR) is 58.3 cm³/mol. The summed E-state index contributed by atoms with van der Waals surface area (Å²) in [7, 11) is 0. The lowest BCUT2D eigenvalue weighted by Gasteiger charge is -2.33. The third-order valence-electron chi connectivity index (χ3n) is 2.81. The normalized spacial score (nSPS) is 19.7. The minimum absolute atomic E-state index is 0.118. The standard InChI is InChI=1S/C11H22N2O/c1-9(2)5-6-10(3)13-8-4-7-12-11(13)14/h9-10H,4-8H2,1-3H3,(H,12,14). The summed E-state index contributed by atoms with van der Waals surface area (Å²) < 4.78 is 0. The number of carbonyl (C=O) groups excluding carboxylic acids is 1. The molecule has 1 rings (SSSR count). The van der Waals surface area contributed by atoms with E-state index in [2.05, 4.69) is 26.1 Å². The summed E-state index contributed by atoms with van der Waals surface area (Å²) in [5.41, 5.74) is 0. The first-order valence-electron chi connectivity index (χ1n) is 5.65. The van der Waals surface area contributed by atoms with E-state index >= 15 is 0 Å².